The number of hydrogen-bond donors (Lipinski definition) is 2. The Bertz CT molecular complexity index is 408. The van der Waals surface area contributed by atoms with E-state index >= 15 is 0 Å². The summed E-state index contributed by atoms with van der Waals surface area (Å²) in [6.07, 6.45) is 1.60. The second kappa shape index (κ2) is 4.13. The van der Waals surface area contributed by atoms with Crippen molar-refractivity contribution in [2.24, 2.45) is 7.05 Å². The van der Waals surface area contributed by atoms with Gasteiger partial charge in [-0.1, -0.05) is 0 Å². The molecular formula is C10H15N3O3. The van der Waals surface area contributed by atoms with Gasteiger partial charge in [-0.2, -0.15) is 5.10 Å². The molecule has 1 aliphatic rings. The summed E-state index contributed by atoms with van der Waals surface area (Å²) in [5.41, 5.74) is 6.61. The maximum atomic E-state index is 11.1. The van der Waals surface area contributed by atoms with Crippen LogP contribution in [-0.4, -0.2) is 34.1 Å². The van der Waals surface area contributed by atoms with Crippen LogP contribution in [0.4, 0.5) is 5.82 Å². The van der Waals surface area contributed by atoms with Crippen molar-refractivity contribution in [3.8, 4) is 0 Å². The number of rotatable bonds is 2. The topological polar surface area (TPSA) is 90.4 Å². The highest BCUT2D eigenvalue weighted by atomic mass is 16.5. The third kappa shape index (κ3) is 1.76. The third-order valence-electron chi connectivity index (χ3n) is 2.96. The van der Waals surface area contributed by atoms with E-state index in [1.165, 1.54) is 4.68 Å². The molecule has 2 heterocycles. The van der Waals surface area contributed by atoms with Gasteiger partial charge in [-0.05, 0) is 18.8 Å². The molecule has 16 heavy (non-hydrogen) atoms. The number of ether oxygens (including phenoxy) is 1. The van der Waals surface area contributed by atoms with Crippen molar-refractivity contribution in [2.45, 2.75) is 18.8 Å². The van der Waals surface area contributed by atoms with Crippen molar-refractivity contribution in [1.82, 2.24) is 9.78 Å². The Morgan fingerprint density at radius 1 is 1.56 bits per heavy atom. The van der Waals surface area contributed by atoms with Crippen molar-refractivity contribution in [3.05, 3.63) is 11.3 Å². The standard InChI is InChI=1S/C10H15N3O3/c1-13-9(11)7(8(12-13)10(14)15)6-2-4-16-5-3-6/h6H,2-5,11H2,1H3,(H,14,15). The third-order valence-corrected chi connectivity index (χ3v) is 2.96. The van der Waals surface area contributed by atoms with Crippen LogP contribution in [0.5, 0.6) is 0 Å². The highest BCUT2D eigenvalue weighted by molar-refractivity contribution is 5.89. The molecule has 1 fully saturated rings. The fourth-order valence-electron chi connectivity index (χ4n) is 2.10. The minimum Gasteiger partial charge on any atom is -0.476 e. The highest BCUT2D eigenvalue weighted by Crippen LogP contribution is 2.33. The predicted octanol–water partition coefficient (Wildman–Crippen LogP) is 0.594. The van der Waals surface area contributed by atoms with Crippen molar-refractivity contribution in [1.29, 1.82) is 0 Å². The van der Waals surface area contributed by atoms with Gasteiger partial charge in [0.15, 0.2) is 5.69 Å². The fraction of sp³-hybridized carbons (Fsp3) is 0.600. The Labute approximate surface area is 93.0 Å². The molecule has 3 N–H and O–H groups in total. The minimum absolute atomic E-state index is 0.0758. The smallest absolute Gasteiger partial charge is 0.356 e. The first-order valence-corrected chi connectivity index (χ1v) is 5.24. The van der Waals surface area contributed by atoms with Crippen LogP contribution in [0.1, 0.15) is 34.8 Å². The summed E-state index contributed by atoms with van der Waals surface area (Å²) in [6, 6.07) is 0. The van der Waals surface area contributed by atoms with Crippen LogP contribution < -0.4 is 5.73 Å². The zero-order chi connectivity index (χ0) is 11.7. The van der Waals surface area contributed by atoms with Crippen LogP contribution in [0.25, 0.3) is 0 Å². The van der Waals surface area contributed by atoms with Gasteiger partial charge in [0.25, 0.3) is 0 Å². The summed E-state index contributed by atoms with van der Waals surface area (Å²) in [5, 5.41) is 13.0. The van der Waals surface area contributed by atoms with Crippen LogP contribution in [0, 0.1) is 0 Å². The normalized spacial score (nSPS) is 17.6. The number of nitrogens with two attached hydrogens (primary N) is 1. The summed E-state index contributed by atoms with van der Waals surface area (Å²) in [4.78, 5) is 11.1. The van der Waals surface area contributed by atoms with E-state index in [-0.39, 0.29) is 11.6 Å². The summed E-state index contributed by atoms with van der Waals surface area (Å²) in [7, 11) is 1.66. The molecule has 0 bridgehead atoms. The van der Waals surface area contributed by atoms with Crippen molar-refractivity contribution in [2.75, 3.05) is 18.9 Å². The van der Waals surface area contributed by atoms with E-state index in [4.69, 9.17) is 15.6 Å². The molecular weight excluding hydrogens is 210 g/mol. The Balaban J connectivity index is 2.40. The van der Waals surface area contributed by atoms with Gasteiger partial charge in [0.2, 0.25) is 0 Å². The first-order valence-electron chi connectivity index (χ1n) is 5.24. The van der Waals surface area contributed by atoms with Gasteiger partial charge in [0.1, 0.15) is 5.82 Å². The van der Waals surface area contributed by atoms with Crippen molar-refractivity contribution >= 4 is 11.8 Å². The number of carboxylic acids is 1. The summed E-state index contributed by atoms with van der Waals surface area (Å²) < 4.78 is 6.68. The van der Waals surface area contributed by atoms with Gasteiger partial charge in [-0.3, -0.25) is 4.68 Å². The van der Waals surface area contributed by atoms with E-state index in [9.17, 15) is 4.79 Å². The lowest BCUT2D eigenvalue weighted by Gasteiger charge is -2.22. The number of nitrogen functional groups attached to an aromatic ring is 1. The molecule has 0 spiro atoms. The lowest BCUT2D eigenvalue weighted by Crippen LogP contribution is -2.17. The monoisotopic (exact) mass is 225 g/mol. The summed E-state index contributed by atoms with van der Waals surface area (Å²) >= 11 is 0. The largest absolute Gasteiger partial charge is 0.476 e. The van der Waals surface area contributed by atoms with Crippen molar-refractivity contribution in [3.63, 3.8) is 0 Å². The second-order valence-corrected chi connectivity index (χ2v) is 3.96. The van der Waals surface area contributed by atoms with E-state index in [1.54, 1.807) is 7.05 Å². The van der Waals surface area contributed by atoms with E-state index in [0.717, 1.165) is 12.8 Å². The second-order valence-electron chi connectivity index (χ2n) is 3.96. The molecule has 88 valence electrons. The molecule has 2 rings (SSSR count). The Morgan fingerprint density at radius 3 is 2.75 bits per heavy atom. The summed E-state index contributed by atoms with van der Waals surface area (Å²) in [6.45, 7) is 1.30. The number of carbonyl (C=O) groups is 1. The number of aromatic nitrogens is 2. The number of nitrogens with zero attached hydrogens (tertiary/aromatic N) is 2. The quantitative estimate of drug-likeness (QED) is 0.769. The van der Waals surface area contributed by atoms with Gasteiger partial charge in [-0.25, -0.2) is 4.79 Å². The maximum Gasteiger partial charge on any atom is 0.356 e. The van der Waals surface area contributed by atoms with Gasteiger partial charge >= 0.3 is 5.97 Å². The molecule has 0 amide bonds. The van der Waals surface area contributed by atoms with E-state index in [2.05, 4.69) is 5.10 Å². The molecule has 1 saturated heterocycles. The highest BCUT2D eigenvalue weighted by Gasteiger charge is 2.27. The Morgan fingerprint density at radius 2 is 2.19 bits per heavy atom. The number of hydrogen-bond acceptors (Lipinski definition) is 4. The fourth-order valence-corrected chi connectivity index (χ4v) is 2.10. The lowest BCUT2D eigenvalue weighted by molar-refractivity contribution is 0.0678. The molecule has 1 aromatic rings. The minimum atomic E-state index is -1.02. The van der Waals surface area contributed by atoms with Crippen LogP contribution >= 0.6 is 0 Å². The van der Waals surface area contributed by atoms with Crippen molar-refractivity contribution < 1.29 is 14.6 Å². The van der Waals surface area contributed by atoms with Gasteiger partial charge in [0.05, 0.1) is 0 Å². The molecule has 6 nitrogen and oxygen atoms in total. The molecule has 0 unspecified atom stereocenters. The number of carboxylic acid groups (broad SMARTS) is 1. The average Bonchev–Trinajstić information content (AvgIpc) is 2.57. The average molecular weight is 225 g/mol. The number of aryl methyl sites for hydroxylation is 1. The van der Waals surface area contributed by atoms with E-state index < -0.39 is 5.97 Å². The van der Waals surface area contributed by atoms with Crippen LogP contribution in [0.15, 0.2) is 0 Å². The summed E-state index contributed by atoms with van der Waals surface area (Å²) in [5.74, 6) is -0.424. The molecule has 0 aliphatic carbocycles. The van der Waals surface area contributed by atoms with Gasteiger partial charge < -0.3 is 15.6 Å². The lowest BCUT2D eigenvalue weighted by atomic mass is 9.91. The molecule has 0 saturated carbocycles. The predicted molar refractivity (Wildman–Crippen MR) is 57.4 cm³/mol. The molecule has 0 radical (unpaired) electrons. The van der Waals surface area contributed by atoms with E-state index in [0.29, 0.717) is 24.6 Å². The Kier molecular flexibility index (Phi) is 2.82. The number of anilines is 1. The Hall–Kier alpha value is -1.56. The molecule has 1 aliphatic heterocycles. The van der Waals surface area contributed by atoms with Gasteiger partial charge in [0, 0.05) is 25.8 Å². The first-order chi connectivity index (χ1) is 7.61. The van der Waals surface area contributed by atoms with Gasteiger partial charge in [-0.15, -0.1) is 0 Å². The zero-order valence-corrected chi connectivity index (χ0v) is 9.14. The maximum absolute atomic E-state index is 11.1. The SMILES string of the molecule is Cn1nc(C(=O)O)c(C2CCOCC2)c1N. The molecule has 1 aromatic heterocycles. The van der Waals surface area contributed by atoms with E-state index in [1.807, 2.05) is 0 Å². The first kappa shape index (κ1) is 10.9. The molecule has 0 atom stereocenters. The molecule has 6 heteroatoms. The van der Waals surface area contributed by atoms with Crippen LogP contribution in [0.3, 0.4) is 0 Å². The zero-order valence-electron chi connectivity index (χ0n) is 9.14. The van der Waals surface area contributed by atoms with Crippen LogP contribution in [-0.2, 0) is 11.8 Å². The number of aromatic carboxylic acids is 1. The molecule has 0 aromatic carbocycles. The van der Waals surface area contributed by atoms with Crippen LogP contribution in [0.2, 0.25) is 0 Å².